The van der Waals surface area contributed by atoms with Gasteiger partial charge in [0, 0.05) is 24.2 Å². The highest BCUT2D eigenvalue weighted by molar-refractivity contribution is 6.69. The van der Waals surface area contributed by atoms with E-state index in [2.05, 4.69) is 39.6 Å². The molecule has 0 radical (unpaired) electrons. The number of rotatable bonds is 2. The first kappa shape index (κ1) is 20.0. The normalized spacial score (nSPS) is 45.6. The van der Waals surface area contributed by atoms with Crippen LogP contribution in [0.25, 0.3) is 0 Å². The van der Waals surface area contributed by atoms with Crippen LogP contribution < -0.4 is 0 Å². The fraction of sp³-hybridized carbons (Fsp3) is 0.783. The average molecular weight is 400 g/mol. The van der Waals surface area contributed by atoms with Crippen LogP contribution in [0, 0.1) is 39.9 Å². The van der Waals surface area contributed by atoms with Crippen LogP contribution in [0.15, 0.2) is 11.6 Å². The Hall–Kier alpha value is -1.25. The van der Waals surface area contributed by atoms with Crippen LogP contribution in [0.2, 0.25) is 19.6 Å². The second-order valence-electron chi connectivity index (χ2n) is 11.1. The summed E-state index contributed by atoms with van der Waals surface area (Å²) in [7, 11) is -1.94. The summed E-state index contributed by atoms with van der Waals surface area (Å²) in [6.45, 7) is 10.8. The van der Waals surface area contributed by atoms with Gasteiger partial charge in [0.15, 0.2) is 14.1 Å². The zero-order valence-corrected chi connectivity index (χ0v) is 18.9. The number of nitrogens with zero attached hydrogens (tertiary/aromatic N) is 1. The number of Topliss-reactive ketones (excluding diaryl/α,β-unsaturated/α-hetero) is 1. The molecule has 6 atom stereocenters. The number of nitriles is 1. The molecule has 152 valence electrons. The fourth-order valence-corrected chi connectivity index (χ4v) is 8.69. The molecule has 4 rings (SSSR count). The number of ketones is 2. The first-order valence-electron chi connectivity index (χ1n) is 10.8. The van der Waals surface area contributed by atoms with Crippen molar-refractivity contribution in [3.8, 4) is 6.07 Å². The van der Waals surface area contributed by atoms with Gasteiger partial charge in [-0.3, -0.25) is 9.59 Å². The summed E-state index contributed by atoms with van der Waals surface area (Å²) in [5.41, 5.74) is -0.206. The van der Waals surface area contributed by atoms with Crippen molar-refractivity contribution in [2.24, 2.45) is 28.6 Å². The molecule has 3 fully saturated rings. The summed E-state index contributed by atoms with van der Waals surface area (Å²) in [5.74, 6) is 1.17. The topological polar surface area (TPSA) is 67.2 Å². The van der Waals surface area contributed by atoms with Gasteiger partial charge in [0.1, 0.15) is 11.4 Å². The van der Waals surface area contributed by atoms with Gasteiger partial charge in [0.2, 0.25) is 0 Å². The lowest BCUT2D eigenvalue weighted by Gasteiger charge is -2.58. The number of carbonyl (C=O) groups is 2. The molecule has 0 unspecified atom stereocenters. The SMILES string of the molecule is C[C@]12CCC(=O)C=C1CC[C@@H]1[C@H]2C(=O)C[C@@]2(C)[C@@H]1CC[C@@]2(C#N)O[Si](C)(C)C. The van der Waals surface area contributed by atoms with E-state index in [1.165, 1.54) is 5.57 Å². The molecule has 0 N–H and O–H groups in total. The molecular formula is C23H33NO3Si. The zero-order chi connectivity index (χ0) is 20.5. The molecule has 0 aromatic rings. The van der Waals surface area contributed by atoms with Gasteiger partial charge < -0.3 is 4.43 Å². The Bertz CT molecular complexity index is 806. The van der Waals surface area contributed by atoms with E-state index in [-0.39, 0.29) is 17.1 Å². The van der Waals surface area contributed by atoms with Crippen molar-refractivity contribution in [3.05, 3.63) is 11.6 Å². The molecule has 0 amide bonds. The van der Waals surface area contributed by atoms with E-state index in [9.17, 15) is 14.9 Å². The van der Waals surface area contributed by atoms with Crippen LogP contribution in [0.1, 0.15) is 58.8 Å². The van der Waals surface area contributed by atoms with E-state index < -0.39 is 19.3 Å². The molecule has 4 nitrogen and oxygen atoms in total. The Morgan fingerprint density at radius 1 is 1.14 bits per heavy atom. The highest BCUT2D eigenvalue weighted by Gasteiger charge is 2.68. The van der Waals surface area contributed by atoms with E-state index in [0.29, 0.717) is 30.5 Å². The lowest BCUT2D eigenvalue weighted by molar-refractivity contribution is -0.152. The maximum Gasteiger partial charge on any atom is 0.185 e. The predicted molar refractivity (Wildman–Crippen MR) is 110 cm³/mol. The standard InChI is InChI=1S/C23H33NO3Si/c1-21-10-8-16(25)12-15(21)6-7-17-18-9-11-23(14-24,27-28(3,4)5)22(18,2)13-19(26)20(17)21/h12,17-18,20H,6-11,13H2,1-5H3/t17-,18+,20-,21-,22-,23-/m0/s1. The number of hydrogen-bond acceptors (Lipinski definition) is 4. The van der Waals surface area contributed by atoms with Gasteiger partial charge in [0.05, 0.1) is 6.07 Å². The molecule has 5 heteroatoms. The molecule has 0 aromatic carbocycles. The second-order valence-corrected chi connectivity index (χ2v) is 15.5. The average Bonchev–Trinajstić information content (AvgIpc) is 2.86. The molecular weight excluding hydrogens is 366 g/mol. The van der Waals surface area contributed by atoms with E-state index >= 15 is 0 Å². The first-order valence-corrected chi connectivity index (χ1v) is 14.2. The van der Waals surface area contributed by atoms with Crippen LogP contribution in [0.5, 0.6) is 0 Å². The molecule has 28 heavy (non-hydrogen) atoms. The molecule has 4 aliphatic carbocycles. The molecule has 0 saturated heterocycles. The van der Waals surface area contributed by atoms with Crippen molar-refractivity contribution in [3.63, 3.8) is 0 Å². The Morgan fingerprint density at radius 3 is 2.50 bits per heavy atom. The third-order valence-electron chi connectivity index (χ3n) is 8.44. The molecule has 0 heterocycles. The highest BCUT2D eigenvalue weighted by atomic mass is 28.4. The first-order chi connectivity index (χ1) is 13.0. The van der Waals surface area contributed by atoms with Gasteiger partial charge in [-0.05, 0) is 75.1 Å². The van der Waals surface area contributed by atoms with Crippen LogP contribution in [-0.2, 0) is 14.0 Å². The molecule has 0 aliphatic heterocycles. The zero-order valence-electron chi connectivity index (χ0n) is 17.9. The highest BCUT2D eigenvalue weighted by Crippen LogP contribution is 2.67. The number of carbonyl (C=O) groups excluding carboxylic acids is 2. The smallest absolute Gasteiger partial charge is 0.185 e. The van der Waals surface area contributed by atoms with Crippen molar-refractivity contribution < 1.29 is 14.0 Å². The third-order valence-corrected chi connectivity index (χ3v) is 9.40. The Kier molecular flexibility index (Phi) is 4.38. The summed E-state index contributed by atoms with van der Waals surface area (Å²) in [4.78, 5) is 25.6. The Labute approximate surface area is 169 Å². The van der Waals surface area contributed by atoms with Gasteiger partial charge in [-0.25, -0.2) is 0 Å². The van der Waals surface area contributed by atoms with Gasteiger partial charge in [-0.15, -0.1) is 0 Å². The summed E-state index contributed by atoms with van der Waals surface area (Å²) >= 11 is 0. The molecule has 3 saturated carbocycles. The van der Waals surface area contributed by atoms with E-state index in [1.54, 1.807) is 0 Å². The minimum Gasteiger partial charge on any atom is -0.399 e. The second kappa shape index (κ2) is 6.12. The van der Waals surface area contributed by atoms with Crippen molar-refractivity contribution >= 4 is 19.9 Å². The lowest BCUT2D eigenvalue weighted by atomic mass is 9.46. The van der Waals surface area contributed by atoms with E-state index in [4.69, 9.17) is 4.43 Å². The summed E-state index contributed by atoms with van der Waals surface area (Å²) in [5, 5.41) is 10.2. The molecule has 0 aromatic heterocycles. The van der Waals surface area contributed by atoms with Crippen molar-refractivity contribution in [1.29, 1.82) is 5.26 Å². The number of hydrogen-bond donors (Lipinski definition) is 0. The molecule has 0 spiro atoms. The summed E-state index contributed by atoms with van der Waals surface area (Å²) in [6.07, 6.45) is 7.21. The van der Waals surface area contributed by atoms with Gasteiger partial charge >= 0.3 is 0 Å². The maximum absolute atomic E-state index is 13.6. The van der Waals surface area contributed by atoms with E-state index in [0.717, 1.165) is 32.1 Å². The minimum atomic E-state index is -1.94. The fourth-order valence-electron chi connectivity index (χ4n) is 7.27. The quantitative estimate of drug-likeness (QED) is 0.625. The van der Waals surface area contributed by atoms with Gasteiger partial charge in [-0.1, -0.05) is 19.4 Å². The summed E-state index contributed by atoms with van der Waals surface area (Å²) < 4.78 is 6.55. The lowest BCUT2D eigenvalue weighted by Crippen LogP contribution is -2.60. The van der Waals surface area contributed by atoms with Crippen LogP contribution in [0.3, 0.4) is 0 Å². The monoisotopic (exact) mass is 399 g/mol. The Balaban J connectivity index is 1.74. The van der Waals surface area contributed by atoms with Crippen molar-refractivity contribution in [2.45, 2.75) is 84.0 Å². The Morgan fingerprint density at radius 2 is 1.86 bits per heavy atom. The van der Waals surface area contributed by atoms with Gasteiger partial charge in [-0.2, -0.15) is 5.26 Å². The predicted octanol–water partition coefficient (Wildman–Crippen LogP) is 4.81. The maximum atomic E-state index is 13.6. The summed E-state index contributed by atoms with van der Waals surface area (Å²) in [6, 6.07) is 2.57. The molecule has 4 aliphatic rings. The van der Waals surface area contributed by atoms with Crippen molar-refractivity contribution in [1.82, 2.24) is 0 Å². The van der Waals surface area contributed by atoms with Gasteiger partial charge in [0.25, 0.3) is 0 Å². The number of allylic oxidation sites excluding steroid dienone is 1. The van der Waals surface area contributed by atoms with Crippen LogP contribution >= 0.6 is 0 Å². The van der Waals surface area contributed by atoms with E-state index in [1.807, 2.05) is 6.08 Å². The van der Waals surface area contributed by atoms with Crippen molar-refractivity contribution in [2.75, 3.05) is 0 Å². The minimum absolute atomic E-state index is 0.0000458. The van der Waals surface area contributed by atoms with Crippen LogP contribution in [-0.4, -0.2) is 25.5 Å². The third kappa shape index (κ3) is 2.64. The molecule has 0 bridgehead atoms. The van der Waals surface area contributed by atoms with Crippen LogP contribution in [0.4, 0.5) is 0 Å². The largest absolute Gasteiger partial charge is 0.399 e. The number of fused-ring (bicyclic) bond motifs is 5.